The van der Waals surface area contributed by atoms with Crippen LogP contribution in [0, 0.1) is 46.3 Å². The minimum Gasteiger partial charge on any atom is -0.420 e. The monoisotopic (exact) mass is 602 g/mol. The van der Waals surface area contributed by atoms with E-state index in [0.717, 1.165) is 45.1 Å². The summed E-state index contributed by atoms with van der Waals surface area (Å²) in [5, 5.41) is 11.0. The van der Waals surface area contributed by atoms with Gasteiger partial charge in [-0.1, -0.05) is 64.8 Å². The van der Waals surface area contributed by atoms with E-state index in [9.17, 15) is 9.90 Å². The smallest absolute Gasteiger partial charge is 0.170 e. The standard InChI is InChI=1S/C27H44Br2O3Si/c1-16(15-32-33(5)6)11-18-12-19(31)14-27(29)24(28)13-20-22-8-7-21(17(2)30)25(22,3)10-9-23(20)26(18,27)4/h9-10,16,18-24,31,33H,7-8,11-15H2,1-6H3/t16?,18?,19?,20-,21+,22-,23-,24?,25+,26+,27?/m0/s1. The molecule has 4 aliphatic rings. The van der Waals surface area contributed by atoms with Gasteiger partial charge in [-0.2, -0.15) is 0 Å². The molecule has 0 radical (unpaired) electrons. The number of allylic oxidation sites excluding steroid dienone is 2. The Morgan fingerprint density at radius 2 is 1.97 bits per heavy atom. The lowest BCUT2D eigenvalue weighted by molar-refractivity contribution is -0.125. The first kappa shape index (κ1) is 26.6. The number of Topliss-reactive ketones (excluding diaryl/α,β-unsaturated/α-hetero) is 1. The number of carbonyl (C=O) groups excluding carboxylic acids is 1. The predicted molar refractivity (Wildman–Crippen MR) is 146 cm³/mol. The van der Waals surface area contributed by atoms with Crippen LogP contribution >= 0.6 is 31.9 Å². The quantitative estimate of drug-likeness (QED) is 0.214. The number of carbonyl (C=O) groups is 1. The van der Waals surface area contributed by atoms with Crippen LogP contribution in [-0.4, -0.2) is 41.8 Å². The maximum Gasteiger partial charge on any atom is 0.170 e. The van der Waals surface area contributed by atoms with Crippen LogP contribution in [0.4, 0.5) is 0 Å². The zero-order valence-electron chi connectivity index (χ0n) is 21.3. The molecule has 0 aromatic heterocycles. The first-order valence-electron chi connectivity index (χ1n) is 13.2. The summed E-state index contributed by atoms with van der Waals surface area (Å²) in [6, 6.07) is 0. The third-order valence-corrected chi connectivity index (χ3v) is 14.7. The van der Waals surface area contributed by atoms with Gasteiger partial charge in [-0.15, -0.1) is 0 Å². The Hall–Kier alpha value is 0.507. The molecule has 0 aromatic rings. The Kier molecular flexibility index (Phi) is 7.59. The van der Waals surface area contributed by atoms with Crippen LogP contribution in [-0.2, 0) is 9.22 Å². The van der Waals surface area contributed by atoms with E-state index in [4.69, 9.17) is 4.43 Å². The van der Waals surface area contributed by atoms with E-state index in [2.05, 4.69) is 77.9 Å². The number of ketones is 1. The fourth-order valence-corrected chi connectivity index (χ4v) is 11.7. The van der Waals surface area contributed by atoms with Crippen LogP contribution in [0.15, 0.2) is 12.2 Å². The molecule has 4 aliphatic carbocycles. The number of fused-ring (bicyclic) bond motifs is 5. The lowest BCUT2D eigenvalue weighted by atomic mass is 9.43. The Morgan fingerprint density at radius 1 is 1.27 bits per heavy atom. The van der Waals surface area contributed by atoms with E-state index in [1.807, 2.05) is 0 Å². The molecule has 1 N–H and O–H groups in total. The molecular formula is C27H44Br2O3Si. The summed E-state index contributed by atoms with van der Waals surface area (Å²) in [5.74, 6) is 3.06. The van der Waals surface area contributed by atoms with Crippen LogP contribution in [0.3, 0.4) is 0 Å². The van der Waals surface area contributed by atoms with Crippen molar-refractivity contribution >= 4 is 46.7 Å². The van der Waals surface area contributed by atoms with Gasteiger partial charge in [0.05, 0.1) is 6.10 Å². The summed E-state index contributed by atoms with van der Waals surface area (Å²) in [5.41, 5.74) is 0.0358. The molecule has 6 heteroatoms. The highest BCUT2D eigenvalue weighted by molar-refractivity contribution is 9.12. The van der Waals surface area contributed by atoms with Crippen molar-refractivity contribution in [3.63, 3.8) is 0 Å². The van der Waals surface area contributed by atoms with Gasteiger partial charge in [-0.3, -0.25) is 4.79 Å². The highest BCUT2D eigenvalue weighted by atomic mass is 79.9. The Bertz CT molecular complexity index is 789. The maximum atomic E-state index is 12.5. The van der Waals surface area contributed by atoms with E-state index in [1.165, 1.54) is 0 Å². The van der Waals surface area contributed by atoms with Gasteiger partial charge < -0.3 is 9.53 Å². The van der Waals surface area contributed by atoms with Gasteiger partial charge in [-0.25, -0.2) is 0 Å². The third-order valence-electron chi connectivity index (χ3n) is 10.3. The molecule has 3 nitrogen and oxygen atoms in total. The minimum atomic E-state index is -1.03. The Labute approximate surface area is 219 Å². The topological polar surface area (TPSA) is 46.5 Å². The van der Waals surface area contributed by atoms with Crippen molar-refractivity contribution in [2.75, 3.05) is 6.61 Å². The predicted octanol–water partition coefficient (Wildman–Crippen LogP) is 6.51. The zero-order valence-corrected chi connectivity index (χ0v) is 25.6. The molecule has 3 fully saturated rings. The zero-order chi connectivity index (χ0) is 24.3. The van der Waals surface area contributed by atoms with Crippen molar-refractivity contribution in [1.29, 1.82) is 0 Å². The van der Waals surface area contributed by atoms with Gasteiger partial charge in [0.2, 0.25) is 0 Å². The third kappa shape index (κ3) is 4.24. The van der Waals surface area contributed by atoms with Gasteiger partial charge in [0.1, 0.15) is 5.78 Å². The number of halogens is 2. The molecule has 33 heavy (non-hydrogen) atoms. The number of aliphatic hydroxyl groups is 1. The second-order valence-electron chi connectivity index (χ2n) is 12.6. The SMILES string of the molecule is CC(=O)[C@H]1CC[C@H]2[C@@H]3CC(Br)C4(Br)CC(O)CC(CC(C)CO[SiH](C)C)[C@]4(C)[C@H]3C=C[C@]12C. The van der Waals surface area contributed by atoms with Gasteiger partial charge in [0.25, 0.3) is 0 Å². The van der Waals surface area contributed by atoms with Crippen molar-refractivity contribution < 1.29 is 14.3 Å². The normalized spacial score (nSPS) is 49.9. The second-order valence-corrected chi connectivity index (χ2v) is 17.6. The molecular weight excluding hydrogens is 560 g/mol. The fourth-order valence-electron chi connectivity index (χ4n) is 8.69. The number of alkyl halides is 2. The van der Waals surface area contributed by atoms with Crippen LogP contribution in [0.2, 0.25) is 13.1 Å². The molecule has 0 spiro atoms. The average Bonchev–Trinajstić information content (AvgIpc) is 3.07. The number of rotatable bonds is 6. The Morgan fingerprint density at radius 3 is 2.61 bits per heavy atom. The van der Waals surface area contributed by atoms with Gasteiger partial charge in [0, 0.05) is 21.7 Å². The van der Waals surface area contributed by atoms with Gasteiger partial charge in [-0.05, 0) is 99.0 Å². The molecule has 0 amide bonds. The summed E-state index contributed by atoms with van der Waals surface area (Å²) >= 11 is 8.44. The highest BCUT2D eigenvalue weighted by Crippen LogP contribution is 2.71. The second kappa shape index (κ2) is 9.43. The van der Waals surface area contributed by atoms with Crippen LogP contribution in [0.1, 0.15) is 66.2 Å². The highest BCUT2D eigenvalue weighted by Gasteiger charge is 2.68. The van der Waals surface area contributed by atoms with E-state index in [0.29, 0.717) is 40.2 Å². The summed E-state index contributed by atoms with van der Waals surface area (Å²) in [6.07, 6.45) is 10.8. The minimum absolute atomic E-state index is 0.00487. The average molecular weight is 605 g/mol. The molecule has 0 bridgehead atoms. The van der Waals surface area contributed by atoms with Crippen LogP contribution in [0.5, 0.6) is 0 Å². The van der Waals surface area contributed by atoms with Crippen LogP contribution < -0.4 is 0 Å². The van der Waals surface area contributed by atoms with Gasteiger partial charge in [0.15, 0.2) is 9.04 Å². The van der Waals surface area contributed by atoms with Crippen molar-refractivity contribution in [3.05, 3.63) is 12.2 Å². The van der Waals surface area contributed by atoms with Crippen molar-refractivity contribution in [2.24, 2.45) is 46.3 Å². The number of hydrogen-bond donors (Lipinski definition) is 1. The number of aliphatic hydroxyl groups excluding tert-OH is 1. The van der Waals surface area contributed by atoms with Crippen molar-refractivity contribution in [2.45, 2.75) is 94.6 Å². The largest absolute Gasteiger partial charge is 0.420 e. The molecule has 3 saturated carbocycles. The Balaban J connectivity index is 1.71. The fraction of sp³-hybridized carbons (Fsp3) is 0.889. The summed E-state index contributed by atoms with van der Waals surface area (Å²) in [4.78, 5) is 12.8. The molecule has 11 atom stereocenters. The van der Waals surface area contributed by atoms with E-state index < -0.39 is 9.04 Å². The molecule has 0 aliphatic heterocycles. The molecule has 0 saturated heterocycles. The van der Waals surface area contributed by atoms with E-state index in [1.54, 1.807) is 6.92 Å². The number of hydrogen-bond acceptors (Lipinski definition) is 3. The van der Waals surface area contributed by atoms with Gasteiger partial charge >= 0.3 is 0 Å². The molecule has 0 heterocycles. The van der Waals surface area contributed by atoms with E-state index >= 15 is 0 Å². The van der Waals surface area contributed by atoms with E-state index in [-0.39, 0.29) is 27.2 Å². The molecule has 0 aromatic carbocycles. The summed E-state index contributed by atoms with van der Waals surface area (Å²) in [6.45, 7) is 14.3. The molecule has 4 rings (SSSR count). The maximum absolute atomic E-state index is 12.5. The van der Waals surface area contributed by atoms with Crippen molar-refractivity contribution in [3.8, 4) is 0 Å². The first-order valence-corrected chi connectivity index (χ1v) is 17.7. The molecule has 5 unspecified atom stereocenters. The summed E-state index contributed by atoms with van der Waals surface area (Å²) in [7, 11) is -1.03. The van der Waals surface area contributed by atoms with Crippen molar-refractivity contribution in [1.82, 2.24) is 0 Å². The van der Waals surface area contributed by atoms with Crippen LogP contribution in [0.25, 0.3) is 0 Å². The molecule has 188 valence electrons. The first-order chi connectivity index (χ1) is 15.3. The lowest BCUT2D eigenvalue weighted by Gasteiger charge is -2.66. The lowest BCUT2D eigenvalue weighted by Crippen LogP contribution is -2.66. The summed E-state index contributed by atoms with van der Waals surface area (Å²) < 4.78 is 5.98.